The van der Waals surface area contributed by atoms with Gasteiger partial charge in [-0.25, -0.2) is 4.57 Å². The Balaban J connectivity index is 2.54. The van der Waals surface area contributed by atoms with Crippen LogP contribution in [0.3, 0.4) is 0 Å². The Bertz CT molecular complexity index is 1200. The van der Waals surface area contributed by atoms with Gasteiger partial charge in [0.1, 0.15) is 36.6 Å². The lowest BCUT2D eigenvalue weighted by Gasteiger charge is -2.41. The van der Waals surface area contributed by atoms with Crippen LogP contribution in [-0.2, 0) is 18.4 Å². The number of nitrogens with one attached hydrogen (secondary N) is 1. The Kier molecular flexibility index (Phi) is 32.6. The summed E-state index contributed by atoms with van der Waals surface area (Å²) in [4.78, 5) is 23.4. The molecular weight excluding hydrogens is 777 g/mol. The molecule has 0 aromatic carbocycles. The molecule has 344 valence electrons. The number of carbonyl (C=O) groups is 1. The fourth-order valence-electron chi connectivity index (χ4n) is 6.86. The second kappa shape index (κ2) is 34.8. The number of amides is 1. The molecule has 1 fully saturated rings. The maximum Gasteiger partial charge on any atom is 0.472 e. The minimum absolute atomic E-state index is 0.263. The molecule has 0 aliphatic heterocycles. The van der Waals surface area contributed by atoms with E-state index in [1.165, 1.54) is 63.9 Å². The van der Waals surface area contributed by atoms with E-state index in [0.717, 1.165) is 70.6 Å². The van der Waals surface area contributed by atoms with Gasteiger partial charge in [-0.15, -0.1) is 0 Å². The van der Waals surface area contributed by atoms with Crippen LogP contribution in [0.5, 0.6) is 0 Å². The highest BCUT2D eigenvalue weighted by Crippen LogP contribution is 2.47. The summed E-state index contributed by atoms with van der Waals surface area (Å²) in [5.41, 5.74) is 0. The van der Waals surface area contributed by atoms with Crippen LogP contribution in [0.1, 0.15) is 168 Å². The zero-order valence-electron chi connectivity index (χ0n) is 36.2. The topological polar surface area (TPSA) is 226 Å². The van der Waals surface area contributed by atoms with Crippen molar-refractivity contribution < 1.29 is 59.0 Å². The van der Waals surface area contributed by atoms with Crippen LogP contribution in [0.2, 0.25) is 0 Å². The molecule has 9 N–H and O–H groups in total. The quantitative estimate of drug-likeness (QED) is 0.0174. The predicted octanol–water partition coefficient (Wildman–Crippen LogP) is 7.14. The summed E-state index contributed by atoms with van der Waals surface area (Å²) < 4.78 is 22.8. The zero-order chi connectivity index (χ0) is 43.7. The Morgan fingerprint density at radius 2 is 1.03 bits per heavy atom. The second-order valence-electron chi connectivity index (χ2n) is 16.1. The number of phosphoric ester groups is 1. The van der Waals surface area contributed by atoms with E-state index in [1.807, 2.05) is 6.08 Å². The molecule has 0 bridgehead atoms. The number of carbonyl (C=O) groups excluding carboxylic acids is 1. The second-order valence-corrected chi connectivity index (χ2v) is 17.5. The molecule has 0 aromatic rings. The first-order valence-electron chi connectivity index (χ1n) is 22.7. The van der Waals surface area contributed by atoms with Crippen LogP contribution < -0.4 is 5.32 Å². The van der Waals surface area contributed by atoms with Gasteiger partial charge in [-0.05, 0) is 64.2 Å². The largest absolute Gasteiger partial charge is 0.472 e. The molecule has 1 rings (SSSR count). The number of phosphoric acid groups is 1. The number of allylic oxidation sites excluding steroid dienone is 7. The van der Waals surface area contributed by atoms with Crippen molar-refractivity contribution in [1.29, 1.82) is 0 Å². The first-order valence-corrected chi connectivity index (χ1v) is 24.2. The fourth-order valence-corrected chi connectivity index (χ4v) is 7.83. The molecular formula is C45H82NO12P. The van der Waals surface area contributed by atoms with Crippen molar-refractivity contribution in [2.24, 2.45) is 0 Å². The molecule has 0 radical (unpaired) electrons. The summed E-state index contributed by atoms with van der Waals surface area (Å²) >= 11 is 0. The smallest absolute Gasteiger partial charge is 0.393 e. The van der Waals surface area contributed by atoms with Gasteiger partial charge >= 0.3 is 7.82 Å². The predicted molar refractivity (Wildman–Crippen MR) is 233 cm³/mol. The molecule has 59 heavy (non-hydrogen) atoms. The molecule has 8 atom stereocenters. The van der Waals surface area contributed by atoms with Crippen LogP contribution in [0.4, 0.5) is 0 Å². The van der Waals surface area contributed by atoms with Crippen LogP contribution in [0.15, 0.2) is 48.6 Å². The lowest BCUT2D eigenvalue weighted by Crippen LogP contribution is -2.64. The van der Waals surface area contributed by atoms with E-state index >= 15 is 0 Å². The van der Waals surface area contributed by atoms with E-state index in [1.54, 1.807) is 6.08 Å². The van der Waals surface area contributed by atoms with Crippen LogP contribution in [0.25, 0.3) is 0 Å². The maximum absolute atomic E-state index is 13.0. The molecule has 1 aliphatic rings. The SMILES string of the molecule is CCC/C=C/CC/C=C/CC/C=C/C(O)C(COP(=O)(O)OC1C(O)C(O)C(O)C(O)C1O)NC(=O)CC(O)CCCCCCC/C=C\CCCCCCCCCCC. The average molecular weight is 860 g/mol. The molecule has 1 aliphatic carbocycles. The molecule has 0 aromatic heterocycles. The minimum Gasteiger partial charge on any atom is -0.393 e. The number of hydrogen-bond acceptors (Lipinski definition) is 11. The van der Waals surface area contributed by atoms with Crippen molar-refractivity contribution in [2.75, 3.05) is 6.61 Å². The van der Waals surface area contributed by atoms with Crippen molar-refractivity contribution in [3.63, 3.8) is 0 Å². The van der Waals surface area contributed by atoms with Gasteiger partial charge in [0.25, 0.3) is 0 Å². The van der Waals surface area contributed by atoms with Gasteiger partial charge < -0.3 is 46.0 Å². The Hall–Kier alpha value is -1.74. The Morgan fingerprint density at radius 1 is 0.593 bits per heavy atom. The number of rotatable bonds is 36. The van der Waals surface area contributed by atoms with Crippen LogP contribution >= 0.6 is 7.82 Å². The lowest BCUT2D eigenvalue weighted by molar-refractivity contribution is -0.220. The molecule has 0 spiro atoms. The van der Waals surface area contributed by atoms with Gasteiger partial charge in [-0.2, -0.15) is 0 Å². The summed E-state index contributed by atoms with van der Waals surface area (Å²) in [5, 5.41) is 74.2. The van der Waals surface area contributed by atoms with Gasteiger partial charge in [-0.3, -0.25) is 13.8 Å². The van der Waals surface area contributed by atoms with Gasteiger partial charge in [0.05, 0.1) is 31.3 Å². The molecule has 8 unspecified atom stereocenters. The van der Waals surface area contributed by atoms with Crippen LogP contribution in [-0.4, -0.2) is 108 Å². The number of aliphatic hydroxyl groups excluding tert-OH is 7. The summed E-state index contributed by atoms with van der Waals surface area (Å²) in [6.45, 7) is 3.63. The van der Waals surface area contributed by atoms with E-state index in [-0.39, 0.29) is 6.42 Å². The first kappa shape index (κ1) is 55.3. The van der Waals surface area contributed by atoms with E-state index in [2.05, 4.69) is 49.5 Å². The van der Waals surface area contributed by atoms with Gasteiger partial charge in [-0.1, -0.05) is 146 Å². The standard InChI is InChI=1S/C45H82NO12P/c1-3-5-7-9-11-13-15-16-17-18-19-20-21-23-24-26-28-30-32-36(47)34-39(49)46-37(38(48)33-31-29-27-25-22-14-12-10-8-6-4-2)35-57-59(55,56)58-45-43(53)41(51)40(50)42(52)44(45)54/h8,10,19-20,22,25,31,33,36-38,40-45,47-48,50-54H,3-7,9,11-18,21,23-24,26-30,32,34-35H2,1-2H3,(H,46,49)(H,55,56)/b10-8+,20-19-,25-22+,33-31+. The Morgan fingerprint density at radius 3 is 1.56 bits per heavy atom. The summed E-state index contributed by atoms with van der Waals surface area (Å²) in [5.74, 6) is -0.615. The van der Waals surface area contributed by atoms with Crippen molar-refractivity contribution in [3.05, 3.63) is 48.6 Å². The Labute approximate surface area is 355 Å². The summed E-state index contributed by atoms with van der Waals surface area (Å²) in [7, 11) is -5.15. The van der Waals surface area contributed by atoms with Crippen molar-refractivity contribution in [3.8, 4) is 0 Å². The number of aliphatic hydroxyl groups is 7. The summed E-state index contributed by atoms with van der Waals surface area (Å²) in [6, 6.07) is -1.26. The zero-order valence-corrected chi connectivity index (χ0v) is 37.0. The normalized spacial score (nSPS) is 24.0. The van der Waals surface area contributed by atoms with E-state index < -0.39 is 75.2 Å². The van der Waals surface area contributed by atoms with Crippen LogP contribution in [0, 0.1) is 0 Å². The van der Waals surface area contributed by atoms with Gasteiger partial charge in [0.2, 0.25) is 5.91 Å². The number of hydrogen-bond donors (Lipinski definition) is 9. The van der Waals surface area contributed by atoms with E-state index in [9.17, 15) is 50.0 Å². The third kappa shape index (κ3) is 27.0. The molecule has 0 heterocycles. The highest BCUT2D eigenvalue weighted by Gasteiger charge is 2.51. The molecule has 13 nitrogen and oxygen atoms in total. The molecule has 14 heteroatoms. The maximum atomic E-state index is 13.0. The first-order chi connectivity index (χ1) is 28.3. The summed E-state index contributed by atoms with van der Waals surface area (Å²) in [6.07, 6.45) is 26.5. The number of unbranched alkanes of at least 4 members (excludes halogenated alkanes) is 17. The highest BCUT2D eigenvalue weighted by molar-refractivity contribution is 7.47. The van der Waals surface area contributed by atoms with Gasteiger partial charge in [0, 0.05) is 0 Å². The third-order valence-corrected chi connectivity index (χ3v) is 11.6. The van der Waals surface area contributed by atoms with Crippen molar-refractivity contribution in [2.45, 2.75) is 223 Å². The van der Waals surface area contributed by atoms with E-state index in [0.29, 0.717) is 19.3 Å². The van der Waals surface area contributed by atoms with Crippen molar-refractivity contribution >= 4 is 13.7 Å². The monoisotopic (exact) mass is 860 g/mol. The third-order valence-electron chi connectivity index (χ3n) is 10.6. The molecule has 0 saturated heterocycles. The van der Waals surface area contributed by atoms with E-state index in [4.69, 9.17) is 9.05 Å². The fraction of sp³-hybridized carbons (Fsp3) is 0.800. The highest BCUT2D eigenvalue weighted by atomic mass is 31.2. The van der Waals surface area contributed by atoms with Crippen molar-refractivity contribution in [1.82, 2.24) is 5.32 Å². The minimum atomic E-state index is -5.15. The average Bonchev–Trinajstić information content (AvgIpc) is 3.21. The molecule has 1 amide bonds. The lowest BCUT2D eigenvalue weighted by atomic mass is 9.85. The molecule has 1 saturated carbocycles. The van der Waals surface area contributed by atoms with Gasteiger partial charge in [0.15, 0.2) is 0 Å².